The second kappa shape index (κ2) is 6.88. The van der Waals surface area contributed by atoms with E-state index in [-0.39, 0.29) is 17.9 Å². The molecule has 3 heterocycles. The second-order valence-electron chi connectivity index (χ2n) is 8.28. The number of likely N-dealkylation sites (N-methyl/N-ethyl adjacent to an activating group) is 1. The highest BCUT2D eigenvalue weighted by Crippen LogP contribution is 2.34. The lowest BCUT2D eigenvalue weighted by Gasteiger charge is -2.45. The molecular formula is C23H25N3O3. The van der Waals surface area contributed by atoms with Gasteiger partial charge in [0.05, 0.1) is 11.6 Å². The highest BCUT2D eigenvalue weighted by molar-refractivity contribution is 5.98. The van der Waals surface area contributed by atoms with E-state index < -0.39 is 5.72 Å². The number of rotatable bonds is 1. The average Bonchev–Trinajstić information content (AvgIpc) is 2.73. The van der Waals surface area contributed by atoms with Crippen molar-refractivity contribution in [1.82, 2.24) is 15.1 Å². The van der Waals surface area contributed by atoms with Gasteiger partial charge in [0.2, 0.25) is 5.91 Å². The third-order valence-electron chi connectivity index (χ3n) is 6.43. The lowest BCUT2D eigenvalue weighted by atomic mass is 9.92. The number of para-hydroxylation sites is 1. The van der Waals surface area contributed by atoms with Crippen LogP contribution >= 0.6 is 0 Å². The zero-order chi connectivity index (χ0) is 20.0. The quantitative estimate of drug-likeness (QED) is 0.810. The Labute approximate surface area is 170 Å². The number of hydrogen-bond donors (Lipinski definition) is 1. The van der Waals surface area contributed by atoms with Crippen LogP contribution in [0.15, 0.2) is 48.5 Å². The molecule has 150 valence electrons. The van der Waals surface area contributed by atoms with Gasteiger partial charge in [0.1, 0.15) is 5.75 Å². The molecular weight excluding hydrogens is 366 g/mol. The van der Waals surface area contributed by atoms with Crippen molar-refractivity contribution in [3.8, 4) is 5.75 Å². The normalized spacial score (nSPS) is 23.0. The summed E-state index contributed by atoms with van der Waals surface area (Å²) in [6.45, 7) is 1.95. The lowest BCUT2D eigenvalue weighted by Crippen LogP contribution is -2.63. The number of hydrogen-bond acceptors (Lipinski definition) is 4. The molecule has 3 aliphatic rings. The summed E-state index contributed by atoms with van der Waals surface area (Å²) < 4.78 is 6.19. The van der Waals surface area contributed by atoms with Gasteiger partial charge in [0.25, 0.3) is 5.91 Å². The topological polar surface area (TPSA) is 61.9 Å². The van der Waals surface area contributed by atoms with Crippen molar-refractivity contribution in [1.29, 1.82) is 0 Å². The zero-order valence-electron chi connectivity index (χ0n) is 16.6. The van der Waals surface area contributed by atoms with Gasteiger partial charge in [-0.2, -0.15) is 0 Å². The maximum atomic E-state index is 13.3. The van der Waals surface area contributed by atoms with Crippen molar-refractivity contribution >= 4 is 11.8 Å². The fraction of sp³-hybridized carbons (Fsp3) is 0.391. The van der Waals surface area contributed by atoms with E-state index in [2.05, 4.69) is 28.4 Å². The van der Waals surface area contributed by atoms with Crippen molar-refractivity contribution in [3.05, 3.63) is 65.2 Å². The standard InChI is InChI=1S/C23H25N3O3/c1-25-15-17-7-3-2-6-16(17)14-19(25)22(28)26-12-10-23(11-13-26)24-21(27)18-8-4-5-9-20(18)29-23/h2-9,19H,10-15H2,1H3,(H,24,27)/t19-/m0/s1. The minimum atomic E-state index is -0.715. The number of nitrogens with one attached hydrogen (secondary N) is 1. The number of fused-ring (bicyclic) bond motifs is 2. The summed E-state index contributed by atoms with van der Waals surface area (Å²) >= 11 is 0. The van der Waals surface area contributed by atoms with Gasteiger partial charge in [-0.25, -0.2) is 0 Å². The Hall–Kier alpha value is -2.86. The Kier molecular flexibility index (Phi) is 4.32. The van der Waals surface area contributed by atoms with Crippen molar-refractivity contribution in [3.63, 3.8) is 0 Å². The minimum absolute atomic E-state index is 0.102. The molecule has 2 aromatic rings. The lowest BCUT2D eigenvalue weighted by molar-refractivity contribution is -0.141. The fourth-order valence-corrected chi connectivity index (χ4v) is 4.71. The molecule has 3 aliphatic heterocycles. The number of piperidine rings is 1. The molecule has 2 aromatic carbocycles. The van der Waals surface area contributed by atoms with Gasteiger partial charge >= 0.3 is 0 Å². The summed E-state index contributed by atoms with van der Waals surface area (Å²) in [5.74, 6) is 0.689. The molecule has 6 heteroatoms. The van der Waals surface area contributed by atoms with Crippen LogP contribution in [0.5, 0.6) is 5.75 Å². The first-order chi connectivity index (χ1) is 14.0. The predicted octanol–water partition coefficient (Wildman–Crippen LogP) is 2.18. The first-order valence-corrected chi connectivity index (χ1v) is 10.2. The van der Waals surface area contributed by atoms with Crippen LogP contribution in [0.2, 0.25) is 0 Å². The molecule has 1 spiro atoms. The van der Waals surface area contributed by atoms with E-state index in [0.717, 1.165) is 13.0 Å². The molecule has 0 aromatic heterocycles. The number of nitrogens with zero attached hydrogens (tertiary/aromatic N) is 2. The number of likely N-dealkylation sites (tertiary alicyclic amines) is 1. The van der Waals surface area contributed by atoms with E-state index in [4.69, 9.17) is 4.74 Å². The maximum absolute atomic E-state index is 13.3. The van der Waals surface area contributed by atoms with Gasteiger partial charge in [0, 0.05) is 32.5 Å². The monoisotopic (exact) mass is 391 g/mol. The summed E-state index contributed by atoms with van der Waals surface area (Å²) in [5.41, 5.74) is 2.41. The van der Waals surface area contributed by atoms with Gasteiger partial charge in [-0.15, -0.1) is 0 Å². The Morgan fingerprint density at radius 3 is 2.55 bits per heavy atom. The van der Waals surface area contributed by atoms with E-state index in [1.54, 1.807) is 6.07 Å². The van der Waals surface area contributed by atoms with E-state index in [0.29, 0.717) is 37.2 Å². The second-order valence-corrected chi connectivity index (χ2v) is 8.28. The van der Waals surface area contributed by atoms with Crippen LogP contribution in [0, 0.1) is 0 Å². The van der Waals surface area contributed by atoms with Gasteiger partial charge in [0.15, 0.2) is 5.72 Å². The molecule has 1 atom stereocenters. The number of carbonyl (C=O) groups is 2. The molecule has 1 saturated heterocycles. The zero-order valence-corrected chi connectivity index (χ0v) is 16.6. The third kappa shape index (κ3) is 3.17. The highest BCUT2D eigenvalue weighted by atomic mass is 16.5. The van der Waals surface area contributed by atoms with E-state index in [9.17, 15) is 9.59 Å². The number of carbonyl (C=O) groups excluding carboxylic acids is 2. The van der Waals surface area contributed by atoms with E-state index >= 15 is 0 Å². The SMILES string of the molecule is CN1Cc2ccccc2C[C@H]1C(=O)N1CCC2(CC1)NC(=O)c1ccccc1O2. The van der Waals surface area contributed by atoms with Crippen LogP contribution in [-0.4, -0.2) is 53.5 Å². The highest BCUT2D eigenvalue weighted by Gasteiger charge is 2.44. The van der Waals surface area contributed by atoms with Crippen LogP contribution in [0.4, 0.5) is 0 Å². The van der Waals surface area contributed by atoms with E-state index in [1.165, 1.54) is 11.1 Å². The van der Waals surface area contributed by atoms with Gasteiger partial charge in [-0.3, -0.25) is 14.5 Å². The Balaban J connectivity index is 1.28. The summed E-state index contributed by atoms with van der Waals surface area (Å²) in [6.07, 6.45) is 1.92. The maximum Gasteiger partial charge on any atom is 0.258 e. The molecule has 1 N–H and O–H groups in total. The number of ether oxygens (including phenoxy) is 1. The summed E-state index contributed by atoms with van der Waals surface area (Å²) in [6, 6.07) is 15.5. The Morgan fingerprint density at radius 1 is 1.07 bits per heavy atom. The van der Waals surface area contributed by atoms with Crippen molar-refractivity contribution in [2.24, 2.45) is 0 Å². The van der Waals surface area contributed by atoms with Crippen molar-refractivity contribution in [2.45, 2.75) is 37.6 Å². The number of benzene rings is 2. The smallest absolute Gasteiger partial charge is 0.258 e. The van der Waals surface area contributed by atoms with Crippen LogP contribution in [0.1, 0.15) is 34.3 Å². The molecule has 0 aliphatic carbocycles. The summed E-state index contributed by atoms with van der Waals surface area (Å²) in [4.78, 5) is 29.8. The average molecular weight is 391 g/mol. The first-order valence-electron chi connectivity index (χ1n) is 10.2. The van der Waals surface area contributed by atoms with Gasteiger partial charge in [-0.1, -0.05) is 36.4 Å². The molecule has 0 radical (unpaired) electrons. The minimum Gasteiger partial charge on any atom is -0.467 e. The van der Waals surface area contributed by atoms with Crippen LogP contribution in [-0.2, 0) is 17.8 Å². The molecule has 6 nitrogen and oxygen atoms in total. The largest absolute Gasteiger partial charge is 0.467 e. The third-order valence-corrected chi connectivity index (χ3v) is 6.43. The molecule has 2 amide bonds. The summed E-state index contributed by atoms with van der Waals surface area (Å²) in [7, 11) is 2.02. The molecule has 5 rings (SSSR count). The fourth-order valence-electron chi connectivity index (χ4n) is 4.71. The van der Waals surface area contributed by atoms with Crippen molar-refractivity contribution in [2.75, 3.05) is 20.1 Å². The first kappa shape index (κ1) is 18.2. The molecule has 29 heavy (non-hydrogen) atoms. The van der Waals surface area contributed by atoms with Gasteiger partial charge in [-0.05, 0) is 36.7 Å². The Bertz CT molecular complexity index is 965. The van der Waals surface area contributed by atoms with Crippen LogP contribution in [0.3, 0.4) is 0 Å². The summed E-state index contributed by atoms with van der Waals surface area (Å²) in [5, 5.41) is 3.04. The molecule has 0 unspecified atom stereocenters. The predicted molar refractivity (Wildman–Crippen MR) is 108 cm³/mol. The molecule has 0 saturated carbocycles. The molecule has 1 fully saturated rings. The van der Waals surface area contributed by atoms with Crippen molar-refractivity contribution < 1.29 is 14.3 Å². The van der Waals surface area contributed by atoms with Crippen LogP contribution < -0.4 is 10.1 Å². The number of amides is 2. The molecule has 0 bridgehead atoms. The van der Waals surface area contributed by atoms with Gasteiger partial charge < -0.3 is 15.0 Å². The van der Waals surface area contributed by atoms with Crippen LogP contribution in [0.25, 0.3) is 0 Å². The van der Waals surface area contributed by atoms with E-state index in [1.807, 2.05) is 36.2 Å². The Morgan fingerprint density at radius 2 is 1.76 bits per heavy atom.